The molecule has 0 atom stereocenters. The fourth-order valence-corrected chi connectivity index (χ4v) is 4.43. The molecule has 2 N–H and O–H groups in total. The van der Waals surface area contributed by atoms with Crippen molar-refractivity contribution in [3.05, 3.63) is 60.9 Å². The minimum atomic E-state index is -3.96. The van der Waals surface area contributed by atoms with E-state index in [1.165, 1.54) is 29.2 Å². The standard InChI is InChI=1S/C19H18N6O4S2/c1-25-12-15(11-20-25)31(28,29)24-19-18(22-16-5-3-4-6-17(16)23-19)21-13-7-9-14(10-8-13)30(2,26)27/h3-12H,1-2H3,(H,21,22)(H,23,24). The maximum absolute atomic E-state index is 12.8. The topological polar surface area (TPSA) is 136 Å². The number of hydrogen-bond acceptors (Lipinski definition) is 8. The van der Waals surface area contributed by atoms with Crippen LogP contribution in [0, 0.1) is 0 Å². The fraction of sp³-hybridized carbons (Fsp3) is 0.105. The molecule has 0 bridgehead atoms. The van der Waals surface area contributed by atoms with Gasteiger partial charge < -0.3 is 5.32 Å². The number of aryl methyl sites for hydroxylation is 1. The normalized spacial score (nSPS) is 12.1. The summed E-state index contributed by atoms with van der Waals surface area (Å²) in [6.45, 7) is 0. The molecule has 0 aliphatic rings. The van der Waals surface area contributed by atoms with Crippen LogP contribution in [0.25, 0.3) is 11.0 Å². The van der Waals surface area contributed by atoms with E-state index in [4.69, 9.17) is 0 Å². The molecule has 0 saturated carbocycles. The zero-order valence-electron chi connectivity index (χ0n) is 16.5. The van der Waals surface area contributed by atoms with Gasteiger partial charge in [0.1, 0.15) is 4.90 Å². The summed E-state index contributed by atoms with van der Waals surface area (Å²) in [5.41, 5.74) is 1.57. The lowest BCUT2D eigenvalue weighted by Gasteiger charge is -2.13. The van der Waals surface area contributed by atoms with Crippen LogP contribution in [-0.2, 0) is 26.9 Å². The van der Waals surface area contributed by atoms with Gasteiger partial charge in [-0.2, -0.15) is 5.10 Å². The maximum Gasteiger partial charge on any atom is 0.266 e. The molecule has 2 aromatic heterocycles. The molecule has 0 amide bonds. The summed E-state index contributed by atoms with van der Waals surface area (Å²) >= 11 is 0. The highest BCUT2D eigenvalue weighted by Crippen LogP contribution is 2.27. The molecule has 0 unspecified atom stereocenters. The predicted molar refractivity (Wildman–Crippen MR) is 116 cm³/mol. The molecule has 0 spiro atoms. The van der Waals surface area contributed by atoms with Gasteiger partial charge in [0.15, 0.2) is 21.5 Å². The number of anilines is 3. The maximum atomic E-state index is 12.8. The van der Waals surface area contributed by atoms with Gasteiger partial charge in [-0.3, -0.25) is 9.40 Å². The summed E-state index contributed by atoms with van der Waals surface area (Å²) in [5, 5.41) is 6.90. The van der Waals surface area contributed by atoms with E-state index in [-0.39, 0.29) is 21.4 Å². The van der Waals surface area contributed by atoms with Gasteiger partial charge in [-0.1, -0.05) is 12.1 Å². The van der Waals surface area contributed by atoms with Crippen LogP contribution >= 0.6 is 0 Å². The fourth-order valence-electron chi connectivity index (χ4n) is 2.80. The monoisotopic (exact) mass is 458 g/mol. The van der Waals surface area contributed by atoms with Gasteiger partial charge in [-0.05, 0) is 36.4 Å². The lowest BCUT2D eigenvalue weighted by atomic mass is 10.3. The highest BCUT2D eigenvalue weighted by molar-refractivity contribution is 7.92. The quantitative estimate of drug-likeness (QED) is 0.449. The molecule has 160 valence electrons. The third-order valence-electron chi connectivity index (χ3n) is 4.34. The van der Waals surface area contributed by atoms with Gasteiger partial charge in [0, 0.05) is 25.2 Å². The highest BCUT2D eigenvalue weighted by Gasteiger charge is 2.20. The van der Waals surface area contributed by atoms with Crippen LogP contribution in [0.5, 0.6) is 0 Å². The Morgan fingerprint density at radius 1 is 0.839 bits per heavy atom. The van der Waals surface area contributed by atoms with Gasteiger partial charge >= 0.3 is 0 Å². The van der Waals surface area contributed by atoms with Crippen LogP contribution in [0.3, 0.4) is 0 Å². The van der Waals surface area contributed by atoms with Crippen molar-refractivity contribution < 1.29 is 16.8 Å². The van der Waals surface area contributed by atoms with Gasteiger partial charge in [-0.15, -0.1) is 0 Å². The zero-order valence-corrected chi connectivity index (χ0v) is 18.1. The van der Waals surface area contributed by atoms with E-state index in [9.17, 15) is 16.8 Å². The predicted octanol–water partition coefficient (Wildman–Crippen LogP) is 2.31. The van der Waals surface area contributed by atoms with Gasteiger partial charge in [-0.25, -0.2) is 26.8 Å². The molecule has 0 aliphatic carbocycles. The summed E-state index contributed by atoms with van der Waals surface area (Å²) < 4.78 is 52.7. The van der Waals surface area contributed by atoms with Crippen LogP contribution in [0.2, 0.25) is 0 Å². The van der Waals surface area contributed by atoms with Crippen molar-refractivity contribution in [3.8, 4) is 0 Å². The first-order valence-corrected chi connectivity index (χ1v) is 12.3. The largest absolute Gasteiger partial charge is 0.337 e. The first-order valence-electron chi connectivity index (χ1n) is 8.97. The molecule has 0 fully saturated rings. The Bertz CT molecular complexity index is 1480. The average molecular weight is 459 g/mol. The molecule has 4 rings (SSSR count). The van der Waals surface area contributed by atoms with E-state index < -0.39 is 19.9 Å². The SMILES string of the molecule is Cn1cc(S(=O)(=O)Nc2nc3ccccc3nc2Nc2ccc(S(C)(=O)=O)cc2)cn1. The van der Waals surface area contributed by atoms with Gasteiger partial charge in [0.2, 0.25) is 0 Å². The first kappa shape index (κ1) is 20.8. The summed E-state index contributed by atoms with van der Waals surface area (Å²) in [4.78, 5) is 9.04. The second-order valence-electron chi connectivity index (χ2n) is 6.79. The second-order valence-corrected chi connectivity index (χ2v) is 10.5. The lowest BCUT2D eigenvalue weighted by Crippen LogP contribution is -2.15. The van der Waals surface area contributed by atoms with Crippen LogP contribution in [-0.4, -0.2) is 42.8 Å². The number of sulfonamides is 1. The summed E-state index contributed by atoms with van der Waals surface area (Å²) in [5.74, 6) is 0.160. The molecule has 2 aromatic carbocycles. The summed E-state index contributed by atoms with van der Waals surface area (Å²) in [6.07, 6.45) is 3.72. The first-order chi connectivity index (χ1) is 14.6. The average Bonchev–Trinajstić information content (AvgIpc) is 3.15. The Labute approximate surface area is 178 Å². The number of aromatic nitrogens is 4. The minimum Gasteiger partial charge on any atom is -0.337 e. The second kappa shape index (κ2) is 7.63. The Morgan fingerprint density at radius 3 is 2.00 bits per heavy atom. The molecule has 31 heavy (non-hydrogen) atoms. The summed E-state index contributed by atoms with van der Waals surface area (Å²) in [7, 11) is -5.68. The molecule has 0 saturated heterocycles. The summed E-state index contributed by atoms with van der Waals surface area (Å²) in [6, 6.07) is 13.1. The van der Waals surface area contributed by atoms with Crippen molar-refractivity contribution in [1.29, 1.82) is 0 Å². The number of benzene rings is 2. The van der Waals surface area contributed by atoms with Crippen molar-refractivity contribution in [2.75, 3.05) is 16.3 Å². The third-order valence-corrected chi connectivity index (χ3v) is 6.76. The number of nitrogens with zero attached hydrogens (tertiary/aromatic N) is 4. The van der Waals surface area contributed by atoms with Crippen LogP contribution in [0.4, 0.5) is 17.3 Å². The molecule has 10 nitrogen and oxygen atoms in total. The number of fused-ring (bicyclic) bond motifs is 1. The van der Waals surface area contributed by atoms with Crippen LogP contribution in [0.1, 0.15) is 0 Å². The van der Waals surface area contributed by atoms with Crippen LogP contribution in [0.15, 0.2) is 70.7 Å². The number of sulfone groups is 1. The van der Waals surface area contributed by atoms with E-state index >= 15 is 0 Å². The Balaban J connectivity index is 1.75. The van der Waals surface area contributed by atoms with Crippen LogP contribution < -0.4 is 10.0 Å². The van der Waals surface area contributed by atoms with E-state index in [1.54, 1.807) is 43.4 Å². The zero-order chi connectivity index (χ0) is 22.2. The van der Waals surface area contributed by atoms with Crippen molar-refractivity contribution >= 4 is 48.2 Å². The molecular weight excluding hydrogens is 440 g/mol. The number of nitrogens with one attached hydrogen (secondary N) is 2. The van der Waals surface area contributed by atoms with Crippen molar-refractivity contribution in [1.82, 2.24) is 19.7 Å². The molecule has 12 heteroatoms. The minimum absolute atomic E-state index is 0.00487. The molecule has 0 aliphatic heterocycles. The Hall–Kier alpha value is -3.51. The highest BCUT2D eigenvalue weighted by atomic mass is 32.2. The van der Waals surface area contributed by atoms with Gasteiger partial charge in [0.05, 0.1) is 22.1 Å². The molecule has 0 radical (unpaired) electrons. The van der Waals surface area contributed by atoms with E-state index in [0.29, 0.717) is 16.7 Å². The Kier molecular flexibility index (Phi) is 5.11. The van der Waals surface area contributed by atoms with E-state index in [1.807, 2.05) is 0 Å². The number of rotatable bonds is 6. The Morgan fingerprint density at radius 2 is 1.45 bits per heavy atom. The molecule has 4 aromatic rings. The molecule has 2 heterocycles. The lowest BCUT2D eigenvalue weighted by molar-refractivity contribution is 0.599. The van der Waals surface area contributed by atoms with Gasteiger partial charge in [0.25, 0.3) is 10.0 Å². The molecular formula is C19H18N6O4S2. The van der Waals surface area contributed by atoms with E-state index in [2.05, 4.69) is 25.1 Å². The van der Waals surface area contributed by atoms with Crippen molar-refractivity contribution in [2.24, 2.45) is 7.05 Å². The van der Waals surface area contributed by atoms with Crippen molar-refractivity contribution in [2.45, 2.75) is 9.79 Å². The smallest absolute Gasteiger partial charge is 0.266 e. The van der Waals surface area contributed by atoms with E-state index in [0.717, 1.165) is 6.26 Å². The third kappa shape index (κ3) is 4.49. The number of hydrogen-bond donors (Lipinski definition) is 2. The number of para-hydroxylation sites is 2. The van der Waals surface area contributed by atoms with Crippen molar-refractivity contribution in [3.63, 3.8) is 0 Å².